The Balaban J connectivity index is 2.25. The van der Waals surface area contributed by atoms with Gasteiger partial charge in [0.1, 0.15) is 4.83 Å². The molecule has 0 spiro atoms. The summed E-state index contributed by atoms with van der Waals surface area (Å²) in [6.07, 6.45) is 4.17. The minimum absolute atomic E-state index is 0.0828. The number of hydrogen-bond donors (Lipinski definition) is 1. The third kappa shape index (κ3) is 4.45. The first kappa shape index (κ1) is 19.6. The van der Waals surface area contributed by atoms with Crippen LogP contribution in [0.2, 0.25) is 0 Å². The highest BCUT2D eigenvalue weighted by atomic mass is 32.1. The summed E-state index contributed by atoms with van der Waals surface area (Å²) >= 11 is 1.23. The van der Waals surface area contributed by atoms with Crippen LogP contribution in [-0.4, -0.2) is 42.5 Å². The number of thiophene rings is 1. The van der Waals surface area contributed by atoms with Gasteiger partial charge in [-0.3, -0.25) is 14.2 Å². The average molecular weight is 367 g/mol. The molecule has 2 rings (SSSR count). The highest BCUT2D eigenvalue weighted by molar-refractivity contribution is 7.20. The van der Waals surface area contributed by atoms with Crippen LogP contribution in [0.15, 0.2) is 11.1 Å². The molecular weight excluding hydrogens is 342 g/mol. The van der Waals surface area contributed by atoms with Gasteiger partial charge >= 0.3 is 0 Å². The predicted octanol–water partition coefficient (Wildman–Crippen LogP) is 2.31. The SMILES string of the molecule is CCCCCn1cnc2sc(C(=O)NCC(OC)OC)c(C)c2c1=O. The van der Waals surface area contributed by atoms with Crippen LogP contribution < -0.4 is 10.9 Å². The minimum atomic E-state index is -0.507. The van der Waals surface area contributed by atoms with E-state index in [-0.39, 0.29) is 18.0 Å². The number of aromatic nitrogens is 2. The van der Waals surface area contributed by atoms with Crippen molar-refractivity contribution in [3.8, 4) is 0 Å². The largest absolute Gasteiger partial charge is 0.354 e. The van der Waals surface area contributed by atoms with Crippen molar-refractivity contribution in [1.29, 1.82) is 0 Å². The molecule has 0 atom stereocenters. The Morgan fingerprint density at radius 1 is 1.36 bits per heavy atom. The van der Waals surface area contributed by atoms with E-state index in [1.54, 1.807) is 17.8 Å². The first-order valence-electron chi connectivity index (χ1n) is 8.35. The lowest BCUT2D eigenvalue weighted by Crippen LogP contribution is -2.34. The summed E-state index contributed by atoms with van der Waals surface area (Å²) in [5.74, 6) is -0.253. The van der Waals surface area contributed by atoms with Crippen LogP contribution in [0, 0.1) is 6.92 Å². The number of carbonyl (C=O) groups excluding carboxylic acids is 1. The number of fused-ring (bicyclic) bond motifs is 1. The molecule has 2 aromatic rings. The molecule has 7 nitrogen and oxygen atoms in total. The standard InChI is InChI=1S/C17H25N3O4S/c1-5-6-7-8-20-10-19-16-13(17(20)22)11(2)14(25-16)15(21)18-9-12(23-3)24-4/h10,12H,5-9H2,1-4H3,(H,18,21). The maximum absolute atomic E-state index is 12.7. The lowest BCUT2D eigenvalue weighted by Gasteiger charge is -2.13. The topological polar surface area (TPSA) is 82.5 Å². The van der Waals surface area contributed by atoms with Crippen molar-refractivity contribution >= 4 is 27.5 Å². The molecule has 2 aromatic heterocycles. The summed E-state index contributed by atoms with van der Waals surface area (Å²) in [5, 5.41) is 3.30. The molecule has 8 heteroatoms. The molecule has 138 valence electrons. The molecule has 0 aromatic carbocycles. The van der Waals surface area contributed by atoms with Crippen molar-refractivity contribution in [1.82, 2.24) is 14.9 Å². The Hall–Kier alpha value is -1.77. The molecule has 0 aliphatic rings. The quantitative estimate of drug-likeness (QED) is 0.543. The lowest BCUT2D eigenvalue weighted by atomic mass is 10.2. The number of methoxy groups -OCH3 is 2. The molecule has 2 heterocycles. The van der Waals surface area contributed by atoms with E-state index in [1.807, 2.05) is 0 Å². The fourth-order valence-corrected chi connectivity index (χ4v) is 3.64. The first-order chi connectivity index (χ1) is 12.0. The van der Waals surface area contributed by atoms with Crippen molar-refractivity contribution in [2.75, 3.05) is 20.8 Å². The Morgan fingerprint density at radius 3 is 2.72 bits per heavy atom. The molecular formula is C17H25N3O4S. The highest BCUT2D eigenvalue weighted by Crippen LogP contribution is 2.26. The number of nitrogens with zero attached hydrogens (tertiary/aromatic N) is 2. The van der Waals surface area contributed by atoms with E-state index in [0.717, 1.165) is 19.3 Å². The molecule has 0 aliphatic heterocycles. The van der Waals surface area contributed by atoms with Gasteiger partial charge in [-0.25, -0.2) is 4.98 Å². The molecule has 0 bridgehead atoms. The van der Waals surface area contributed by atoms with E-state index in [1.165, 1.54) is 25.6 Å². The smallest absolute Gasteiger partial charge is 0.262 e. The van der Waals surface area contributed by atoms with Gasteiger partial charge in [-0.05, 0) is 18.9 Å². The number of rotatable bonds is 9. The highest BCUT2D eigenvalue weighted by Gasteiger charge is 2.20. The summed E-state index contributed by atoms with van der Waals surface area (Å²) in [5.41, 5.74) is 0.590. The van der Waals surface area contributed by atoms with E-state index in [0.29, 0.717) is 27.2 Å². The Morgan fingerprint density at radius 2 is 2.08 bits per heavy atom. The maximum atomic E-state index is 12.7. The van der Waals surface area contributed by atoms with Gasteiger partial charge in [0.25, 0.3) is 11.5 Å². The van der Waals surface area contributed by atoms with Gasteiger partial charge < -0.3 is 14.8 Å². The normalized spacial score (nSPS) is 11.4. The van der Waals surface area contributed by atoms with Crippen LogP contribution in [0.1, 0.15) is 41.4 Å². The maximum Gasteiger partial charge on any atom is 0.262 e. The van der Waals surface area contributed by atoms with Crippen molar-refractivity contribution in [2.45, 2.75) is 45.9 Å². The molecule has 1 amide bonds. The second kappa shape index (κ2) is 9.07. The molecule has 0 radical (unpaired) electrons. The van der Waals surface area contributed by atoms with Crippen LogP contribution in [0.5, 0.6) is 0 Å². The molecule has 0 saturated heterocycles. The van der Waals surface area contributed by atoms with E-state index in [4.69, 9.17) is 9.47 Å². The van der Waals surface area contributed by atoms with Crippen molar-refractivity contribution < 1.29 is 14.3 Å². The van der Waals surface area contributed by atoms with Crippen molar-refractivity contribution in [2.24, 2.45) is 0 Å². The second-order valence-corrected chi connectivity index (χ2v) is 6.80. The molecule has 0 aliphatic carbocycles. The number of amides is 1. The number of nitrogens with one attached hydrogen (secondary N) is 1. The first-order valence-corrected chi connectivity index (χ1v) is 9.17. The zero-order chi connectivity index (χ0) is 18.4. The number of ether oxygens (including phenoxy) is 2. The van der Waals surface area contributed by atoms with Crippen LogP contribution in [0.3, 0.4) is 0 Å². The molecule has 1 N–H and O–H groups in total. The fraction of sp³-hybridized carbons (Fsp3) is 0.588. The van der Waals surface area contributed by atoms with Gasteiger partial charge in [0.15, 0.2) is 6.29 Å². The van der Waals surface area contributed by atoms with Gasteiger partial charge in [-0.2, -0.15) is 0 Å². The van der Waals surface area contributed by atoms with E-state index >= 15 is 0 Å². The third-order valence-corrected chi connectivity index (χ3v) is 5.28. The third-order valence-electron chi connectivity index (χ3n) is 4.08. The lowest BCUT2D eigenvalue weighted by molar-refractivity contribution is -0.0974. The summed E-state index contributed by atoms with van der Waals surface area (Å²) in [6.45, 7) is 4.79. The Bertz CT molecular complexity index is 780. The monoisotopic (exact) mass is 367 g/mol. The second-order valence-electron chi connectivity index (χ2n) is 5.80. The summed E-state index contributed by atoms with van der Waals surface area (Å²) in [4.78, 5) is 30.6. The molecule has 0 unspecified atom stereocenters. The van der Waals surface area contributed by atoms with E-state index in [2.05, 4.69) is 17.2 Å². The van der Waals surface area contributed by atoms with Crippen molar-refractivity contribution in [3.05, 3.63) is 27.1 Å². The molecule has 0 fully saturated rings. The number of hydrogen-bond acceptors (Lipinski definition) is 6. The Labute approximate surface area is 151 Å². The Kier molecular flexibility index (Phi) is 7.10. The van der Waals surface area contributed by atoms with Gasteiger partial charge in [-0.15, -0.1) is 11.3 Å². The number of unbranched alkanes of at least 4 members (excludes halogenated alkanes) is 2. The van der Waals surface area contributed by atoms with Crippen LogP contribution in [0.25, 0.3) is 10.2 Å². The zero-order valence-electron chi connectivity index (χ0n) is 15.1. The number of aryl methyl sites for hydroxylation is 2. The van der Waals surface area contributed by atoms with Gasteiger partial charge in [0.2, 0.25) is 0 Å². The fourth-order valence-electron chi connectivity index (χ4n) is 2.59. The van der Waals surface area contributed by atoms with Gasteiger partial charge in [-0.1, -0.05) is 19.8 Å². The van der Waals surface area contributed by atoms with Gasteiger partial charge in [0.05, 0.1) is 23.1 Å². The van der Waals surface area contributed by atoms with Crippen LogP contribution in [0.4, 0.5) is 0 Å². The van der Waals surface area contributed by atoms with Crippen molar-refractivity contribution in [3.63, 3.8) is 0 Å². The average Bonchev–Trinajstić information content (AvgIpc) is 2.95. The minimum Gasteiger partial charge on any atom is -0.354 e. The number of carbonyl (C=O) groups is 1. The van der Waals surface area contributed by atoms with E-state index in [9.17, 15) is 9.59 Å². The van der Waals surface area contributed by atoms with Crippen LogP contribution in [-0.2, 0) is 16.0 Å². The van der Waals surface area contributed by atoms with Gasteiger partial charge in [0, 0.05) is 20.8 Å². The van der Waals surface area contributed by atoms with E-state index < -0.39 is 6.29 Å². The molecule has 25 heavy (non-hydrogen) atoms. The zero-order valence-corrected chi connectivity index (χ0v) is 15.9. The predicted molar refractivity (Wildman–Crippen MR) is 98.3 cm³/mol. The summed E-state index contributed by atoms with van der Waals surface area (Å²) in [7, 11) is 3.02. The van der Waals surface area contributed by atoms with Crippen LogP contribution >= 0.6 is 11.3 Å². The summed E-state index contributed by atoms with van der Waals surface area (Å²) in [6, 6.07) is 0. The summed E-state index contributed by atoms with van der Waals surface area (Å²) < 4.78 is 11.7. The molecule has 0 saturated carbocycles.